The first kappa shape index (κ1) is 13.7. The molecule has 1 unspecified atom stereocenters. The van der Waals surface area contributed by atoms with Crippen LogP contribution in [0.2, 0.25) is 0 Å². The lowest BCUT2D eigenvalue weighted by atomic mass is 10.0. The molecule has 0 aliphatic rings. The van der Waals surface area contributed by atoms with E-state index in [1.165, 1.54) is 11.1 Å². The largest absolute Gasteiger partial charge is 0.303 e. The molecule has 2 aromatic rings. The Bertz CT molecular complexity index is 501. The number of hydrogen-bond donors (Lipinski definition) is 1. The predicted molar refractivity (Wildman–Crippen MR) is 76.7 cm³/mol. The molecule has 0 radical (unpaired) electrons. The van der Waals surface area contributed by atoms with E-state index in [4.69, 9.17) is 0 Å². The van der Waals surface area contributed by atoms with Gasteiger partial charge in [-0.2, -0.15) is 5.10 Å². The average molecular weight is 258 g/mol. The number of rotatable bonds is 6. The second kappa shape index (κ2) is 6.48. The molecule has 2 rings (SSSR count). The zero-order chi connectivity index (χ0) is 13.7. The van der Waals surface area contributed by atoms with E-state index in [2.05, 4.69) is 53.5 Å². The van der Waals surface area contributed by atoms with Crippen LogP contribution in [0.3, 0.4) is 0 Å². The van der Waals surface area contributed by atoms with Gasteiger partial charge in [-0.05, 0) is 24.0 Å². The first-order chi connectivity index (χ1) is 9.22. The molecular weight excluding hydrogens is 236 g/mol. The summed E-state index contributed by atoms with van der Waals surface area (Å²) in [5, 5.41) is 7.80. The molecular formula is C15H22N4. The molecule has 4 nitrogen and oxygen atoms in total. The van der Waals surface area contributed by atoms with E-state index < -0.39 is 0 Å². The van der Waals surface area contributed by atoms with Gasteiger partial charge in [0.15, 0.2) is 5.82 Å². The van der Waals surface area contributed by atoms with Crippen LogP contribution < -0.4 is 5.32 Å². The molecule has 0 aliphatic heterocycles. The van der Waals surface area contributed by atoms with E-state index in [9.17, 15) is 0 Å². The molecule has 0 spiro atoms. The molecule has 1 aromatic heterocycles. The molecule has 0 amide bonds. The van der Waals surface area contributed by atoms with Crippen molar-refractivity contribution in [1.82, 2.24) is 20.1 Å². The van der Waals surface area contributed by atoms with Gasteiger partial charge in [-0.25, -0.2) is 4.98 Å². The quantitative estimate of drug-likeness (QED) is 0.866. The van der Waals surface area contributed by atoms with Crippen molar-refractivity contribution in [3.8, 4) is 0 Å². The molecule has 0 saturated carbocycles. The van der Waals surface area contributed by atoms with Crippen LogP contribution in [0.4, 0.5) is 0 Å². The van der Waals surface area contributed by atoms with Crippen molar-refractivity contribution in [3.05, 3.63) is 47.5 Å². The molecule has 102 valence electrons. The highest BCUT2D eigenvalue weighted by Gasteiger charge is 2.09. The molecule has 0 bridgehead atoms. The summed E-state index contributed by atoms with van der Waals surface area (Å²) < 4.78 is 1.73. The van der Waals surface area contributed by atoms with Crippen LogP contribution in [-0.4, -0.2) is 14.8 Å². The Kier molecular flexibility index (Phi) is 4.68. The molecule has 0 saturated heterocycles. The lowest BCUT2D eigenvalue weighted by Gasteiger charge is -2.16. The van der Waals surface area contributed by atoms with Crippen molar-refractivity contribution in [3.63, 3.8) is 0 Å². The summed E-state index contributed by atoms with van der Waals surface area (Å²) in [4.78, 5) is 4.23. The average Bonchev–Trinajstić information content (AvgIpc) is 2.86. The zero-order valence-corrected chi connectivity index (χ0v) is 11.9. The molecule has 1 aromatic carbocycles. The summed E-state index contributed by atoms with van der Waals surface area (Å²) in [5.41, 5.74) is 2.71. The van der Waals surface area contributed by atoms with Crippen molar-refractivity contribution in [2.24, 2.45) is 7.05 Å². The van der Waals surface area contributed by atoms with E-state index in [0.29, 0.717) is 12.6 Å². The number of aryl methyl sites for hydroxylation is 2. The molecule has 1 N–H and O–H groups in total. The van der Waals surface area contributed by atoms with Crippen LogP contribution in [-0.2, 0) is 20.0 Å². The Balaban J connectivity index is 1.98. The highest BCUT2D eigenvalue weighted by molar-refractivity contribution is 5.25. The van der Waals surface area contributed by atoms with E-state index in [1.54, 1.807) is 11.0 Å². The maximum absolute atomic E-state index is 4.28. The number of aromatic nitrogens is 3. The Morgan fingerprint density at radius 2 is 1.95 bits per heavy atom. The Morgan fingerprint density at radius 3 is 2.47 bits per heavy atom. The molecule has 0 aliphatic carbocycles. The maximum atomic E-state index is 4.28. The van der Waals surface area contributed by atoms with Crippen LogP contribution >= 0.6 is 0 Å². The van der Waals surface area contributed by atoms with Crippen molar-refractivity contribution in [2.45, 2.75) is 39.3 Å². The van der Waals surface area contributed by atoms with E-state index in [1.807, 2.05) is 7.05 Å². The second-order valence-electron chi connectivity index (χ2n) is 4.77. The normalized spacial score (nSPS) is 12.6. The molecule has 4 heteroatoms. The number of hydrogen-bond acceptors (Lipinski definition) is 3. The van der Waals surface area contributed by atoms with Gasteiger partial charge in [0.05, 0.1) is 6.54 Å². The number of nitrogens with zero attached hydrogens (tertiary/aromatic N) is 3. The Labute approximate surface area is 114 Å². The first-order valence-corrected chi connectivity index (χ1v) is 6.89. The number of nitrogens with one attached hydrogen (secondary N) is 1. The summed E-state index contributed by atoms with van der Waals surface area (Å²) in [5.74, 6) is 0.839. The van der Waals surface area contributed by atoms with Crippen LogP contribution in [0.25, 0.3) is 0 Å². The minimum Gasteiger partial charge on any atom is -0.303 e. The van der Waals surface area contributed by atoms with Crippen LogP contribution in [0, 0.1) is 0 Å². The van der Waals surface area contributed by atoms with Crippen LogP contribution in [0.5, 0.6) is 0 Å². The monoisotopic (exact) mass is 258 g/mol. The number of benzene rings is 1. The van der Waals surface area contributed by atoms with E-state index in [0.717, 1.165) is 18.7 Å². The summed E-state index contributed by atoms with van der Waals surface area (Å²) in [6, 6.07) is 9.20. The van der Waals surface area contributed by atoms with Crippen molar-refractivity contribution >= 4 is 0 Å². The van der Waals surface area contributed by atoms with Gasteiger partial charge in [-0.1, -0.05) is 38.1 Å². The van der Waals surface area contributed by atoms with Gasteiger partial charge in [-0.15, -0.1) is 0 Å². The summed E-state index contributed by atoms with van der Waals surface area (Å²) in [6.07, 6.45) is 3.87. The lowest BCUT2D eigenvalue weighted by Crippen LogP contribution is -2.21. The first-order valence-electron chi connectivity index (χ1n) is 6.89. The van der Waals surface area contributed by atoms with E-state index >= 15 is 0 Å². The Hall–Kier alpha value is -1.68. The van der Waals surface area contributed by atoms with Crippen LogP contribution in [0.1, 0.15) is 43.3 Å². The van der Waals surface area contributed by atoms with Crippen molar-refractivity contribution in [2.75, 3.05) is 0 Å². The van der Waals surface area contributed by atoms with E-state index in [-0.39, 0.29) is 0 Å². The second-order valence-corrected chi connectivity index (χ2v) is 4.77. The SMILES string of the molecule is CCc1ccc(C(CC)NCc2ncn(C)n2)cc1. The third kappa shape index (κ3) is 3.64. The minimum atomic E-state index is 0.356. The third-order valence-corrected chi connectivity index (χ3v) is 3.35. The van der Waals surface area contributed by atoms with Gasteiger partial charge >= 0.3 is 0 Å². The van der Waals surface area contributed by atoms with Gasteiger partial charge < -0.3 is 5.32 Å². The third-order valence-electron chi connectivity index (χ3n) is 3.35. The Morgan fingerprint density at radius 1 is 1.21 bits per heavy atom. The predicted octanol–water partition coefficient (Wildman–Crippen LogP) is 2.62. The fourth-order valence-electron chi connectivity index (χ4n) is 2.16. The molecule has 1 atom stereocenters. The van der Waals surface area contributed by atoms with Crippen LogP contribution in [0.15, 0.2) is 30.6 Å². The van der Waals surface area contributed by atoms with Gasteiger partial charge in [0.1, 0.15) is 6.33 Å². The summed E-state index contributed by atoms with van der Waals surface area (Å²) in [6.45, 7) is 5.07. The lowest BCUT2D eigenvalue weighted by molar-refractivity contribution is 0.507. The van der Waals surface area contributed by atoms with Crippen molar-refractivity contribution in [1.29, 1.82) is 0 Å². The molecule has 0 fully saturated rings. The minimum absolute atomic E-state index is 0.356. The van der Waals surface area contributed by atoms with Gasteiger partial charge in [0.2, 0.25) is 0 Å². The summed E-state index contributed by atoms with van der Waals surface area (Å²) in [7, 11) is 1.89. The van der Waals surface area contributed by atoms with Gasteiger partial charge in [-0.3, -0.25) is 4.68 Å². The molecule has 1 heterocycles. The smallest absolute Gasteiger partial charge is 0.164 e. The molecule has 19 heavy (non-hydrogen) atoms. The van der Waals surface area contributed by atoms with Gasteiger partial charge in [0.25, 0.3) is 0 Å². The van der Waals surface area contributed by atoms with Gasteiger partial charge in [0, 0.05) is 13.1 Å². The maximum Gasteiger partial charge on any atom is 0.164 e. The standard InChI is InChI=1S/C15H22N4/c1-4-12-6-8-13(9-7-12)14(5-2)16-10-15-17-11-19(3)18-15/h6-9,11,14,16H,4-5,10H2,1-3H3. The topological polar surface area (TPSA) is 42.7 Å². The zero-order valence-electron chi connectivity index (χ0n) is 11.9. The highest BCUT2D eigenvalue weighted by Crippen LogP contribution is 2.17. The fraction of sp³-hybridized carbons (Fsp3) is 0.467. The van der Waals surface area contributed by atoms with Crippen molar-refractivity contribution < 1.29 is 0 Å². The fourth-order valence-corrected chi connectivity index (χ4v) is 2.16. The highest BCUT2D eigenvalue weighted by atomic mass is 15.3. The summed E-state index contributed by atoms with van der Waals surface area (Å²) >= 11 is 0.